The van der Waals surface area contributed by atoms with Crippen LogP contribution in [0.15, 0.2) is 64.2 Å². The van der Waals surface area contributed by atoms with Gasteiger partial charge in [-0.05, 0) is 43.3 Å². The topological polar surface area (TPSA) is 128 Å². The third-order valence-corrected chi connectivity index (χ3v) is 5.97. The molecule has 0 spiro atoms. The number of ether oxygens (including phenoxy) is 2. The van der Waals surface area contributed by atoms with E-state index in [1.54, 1.807) is 19.9 Å². The van der Waals surface area contributed by atoms with E-state index in [9.17, 15) is 18.3 Å². The van der Waals surface area contributed by atoms with E-state index in [4.69, 9.17) is 14.0 Å². The van der Waals surface area contributed by atoms with Gasteiger partial charge in [-0.2, -0.15) is 0 Å². The van der Waals surface area contributed by atoms with Gasteiger partial charge in [-0.25, -0.2) is 8.42 Å². The quantitative estimate of drug-likeness (QED) is 0.513. The first-order chi connectivity index (χ1) is 14.8. The number of anilines is 1. The Morgan fingerprint density at radius 3 is 2.45 bits per heavy atom. The van der Waals surface area contributed by atoms with Crippen molar-refractivity contribution in [2.24, 2.45) is 0 Å². The fraction of sp³-hybridized carbons (Fsp3) is 0.238. The average molecular weight is 446 g/mol. The fourth-order valence-electron chi connectivity index (χ4n) is 2.58. The van der Waals surface area contributed by atoms with E-state index in [2.05, 4.69) is 10.5 Å². The van der Waals surface area contributed by atoms with E-state index in [1.807, 2.05) is 0 Å². The molecule has 0 radical (unpaired) electrons. The summed E-state index contributed by atoms with van der Waals surface area (Å²) in [5.41, 5.74) is 0.228. The zero-order chi connectivity index (χ0) is 22.4. The molecule has 3 rings (SSSR count). The molecule has 1 aromatic heterocycles. The Labute approximate surface area is 179 Å². The largest absolute Gasteiger partial charge is 0.488 e. The van der Waals surface area contributed by atoms with Gasteiger partial charge in [0.05, 0.1) is 17.3 Å². The Kier molecular flexibility index (Phi) is 6.93. The molecule has 1 atom stereocenters. The molecule has 3 aromatic rings. The summed E-state index contributed by atoms with van der Waals surface area (Å²) in [4.78, 5) is 12.8. The van der Waals surface area contributed by atoms with Crippen LogP contribution >= 0.6 is 0 Å². The number of aliphatic hydroxyl groups is 1. The van der Waals surface area contributed by atoms with E-state index in [-0.39, 0.29) is 28.6 Å². The number of carbonyl (C=O) groups excluding carboxylic acids is 1. The van der Waals surface area contributed by atoms with Crippen LogP contribution in [0.2, 0.25) is 0 Å². The summed E-state index contributed by atoms with van der Waals surface area (Å²) in [6, 6.07) is 12.0. The lowest BCUT2D eigenvalue weighted by atomic mass is 10.2. The Hall–Kier alpha value is -3.37. The first kappa shape index (κ1) is 22.3. The van der Waals surface area contributed by atoms with Crippen LogP contribution in [0.1, 0.15) is 24.2 Å². The van der Waals surface area contributed by atoms with E-state index in [0.29, 0.717) is 17.2 Å². The molecule has 0 aliphatic rings. The van der Waals surface area contributed by atoms with Gasteiger partial charge in [0.15, 0.2) is 15.7 Å². The maximum absolute atomic E-state index is 12.6. The molecule has 10 heteroatoms. The molecule has 0 saturated carbocycles. The van der Waals surface area contributed by atoms with E-state index in [0.717, 1.165) is 0 Å². The van der Waals surface area contributed by atoms with Gasteiger partial charge in [-0.15, -0.1) is 0 Å². The first-order valence-corrected chi connectivity index (χ1v) is 11.1. The highest BCUT2D eigenvalue weighted by molar-refractivity contribution is 7.91. The second-order valence-electron chi connectivity index (χ2n) is 6.62. The molecule has 0 aliphatic carbocycles. The van der Waals surface area contributed by atoms with Crippen molar-refractivity contribution in [1.29, 1.82) is 0 Å². The molecule has 2 N–H and O–H groups in total. The third kappa shape index (κ3) is 5.83. The van der Waals surface area contributed by atoms with Gasteiger partial charge in [0.1, 0.15) is 29.6 Å². The lowest BCUT2D eigenvalue weighted by Crippen LogP contribution is -2.17. The predicted molar refractivity (Wildman–Crippen MR) is 112 cm³/mol. The smallest absolute Gasteiger partial charge is 0.257 e. The maximum atomic E-state index is 12.6. The van der Waals surface area contributed by atoms with Crippen molar-refractivity contribution in [2.75, 3.05) is 17.7 Å². The molecule has 2 aromatic carbocycles. The highest BCUT2D eigenvalue weighted by Crippen LogP contribution is 2.29. The number of aromatic nitrogens is 1. The van der Waals surface area contributed by atoms with Crippen molar-refractivity contribution < 1.29 is 32.3 Å². The SMILES string of the molecule is CCS(=O)(=O)c1ccc(Oc2cc(OC(C)CO)cc(C(=O)Nc3ccon3)c2)cc1. The summed E-state index contributed by atoms with van der Waals surface area (Å²) >= 11 is 0. The highest BCUT2D eigenvalue weighted by Gasteiger charge is 2.15. The highest BCUT2D eigenvalue weighted by atomic mass is 32.2. The first-order valence-electron chi connectivity index (χ1n) is 9.45. The third-order valence-electron chi connectivity index (χ3n) is 4.21. The maximum Gasteiger partial charge on any atom is 0.257 e. The molecule has 0 aliphatic heterocycles. The van der Waals surface area contributed by atoms with Crippen LogP contribution in [0, 0.1) is 0 Å². The van der Waals surface area contributed by atoms with Crippen LogP contribution < -0.4 is 14.8 Å². The lowest BCUT2D eigenvalue weighted by molar-refractivity contribution is 0.102. The van der Waals surface area contributed by atoms with Gasteiger partial charge in [0, 0.05) is 17.7 Å². The standard InChI is InChI=1S/C21H22N2O7S/c1-3-31(26,27)19-6-4-16(5-7-19)30-18-11-15(10-17(12-18)29-14(2)13-24)21(25)22-20-8-9-28-23-20/h4-12,14,24H,3,13H2,1-2H3,(H,22,23,25). The van der Waals surface area contributed by atoms with Crippen molar-refractivity contribution in [3.8, 4) is 17.2 Å². The summed E-state index contributed by atoms with van der Waals surface area (Å²) < 4.78 is 40.1. The summed E-state index contributed by atoms with van der Waals surface area (Å²) in [7, 11) is -3.32. The molecule has 0 bridgehead atoms. The van der Waals surface area contributed by atoms with Gasteiger partial charge in [-0.3, -0.25) is 4.79 Å². The molecular weight excluding hydrogens is 424 g/mol. The second kappa shape index (κ2) is 9.63. The Balaban J connectivity index is 1.87. The number of sulfone groups is 1. The zero-order valence-corrected chi connectivity index (χ0v) is 17.8. The summed E-state index contributed by atoms with van der Waals surface area (Å²) in [6.07, 6.45) is 0.829. The van der Waals surface area contributed by atoms with Crippen LogP contribution in [0.3, 0.4) is 0 Å². The van der Waals surface area contributed by atoms with Crippen LogP contribution in [0.5, 0.6) is 17.2 Å². The van der Waals surface area contributed by atoms with Gasteiger partial charge in [0.25, 0.3) is 5.91 Å². The number of rotatable bonds is 9. The molecule has 1 amide bonds. The number of aliphatic hydroxyl groups excluding tert-OH is 1. The van der Waals surface area contributed by atoms with Crippen molar-refractivity contribution in [3.05, 3.63) is 60.4 Å². The number of nitrogens with zero attached hydrogens (tertiary/aromatic N) is 1. The minimum Gasteiger partial charge on any atom is -0.488 e. The number of amides is 1. The number of benzene rings is 2. The van der Waals surface area contributed by atoms with Crippen molar-refractivity contribution in [1.82, 2.24) is 5.16 Å². The normalized spacial score (nSPS) is 12.2. The number of hydrogen-bond acceptors (Lipinski definition) is 8. The molecule has 0 fully saturated rings. The van der Waals surface area contributed by atoms with Crippen LogP contribution in [-0.2, 0) is 9.84 Å². The van der Waals surface area contributed by atoms with E-state index in [1.165, 1.54) is 48.7 Å². The number of nitrogens with one attached hydrogen (secondary N) is 1. The predicted octanol–water partition coefficient (Wildman–Crippen LogP) is 3.27. The van der Waals surface area contributed by atoms with Crippen molar-refractivity contribution >= 4 is 21.6 Å². The summed E-state index contributed by atoms with van der Waals surface area (Å²) in [5, 5.41) is 15.5. The number of hydrogen-bond donors (Lipinski definition) is 2. The molecule has 164 valence electrons. The minimum absolute atomic E-state index is 0.000376. The second-order valence-corrected chi connectivity index (χ2v) is 8.90. The Morgan fingerprint density at radius 2 is 1.84 bits per heavy atom. The van der Waals surface area contributed by atoms with Crippen LogP contribution in [0.25, 0.3) is 0 Å². The van der Waals surface area contributed by atoms with Gasteiger partial charge in [-0.1, -0.05) is 12.1 Å². The van der Waals surface area contributed by atoms with E-state index < -0.39 is 21.8 Å². The van der Waals surface area contributed by atoms with E-state index >= 15 is 0 Å². The Morgan fingerprint density at radius 1 is 1.13 bits per heavy atom. The summed E-state index contributed by atoms with van der Waals surface area (Å²) in [6.45, 7) is 3.04. The zero-order valence-electron chi connectivity index (χ0n) is 16.9. The van der Waals surface area contributed by atoms with Crippen LogP contribution in [0.4, 0.5) is 5.82 Å². The Bertz CT molecular complexity index is 1130. The summed E-state index contributed by atoms with van der Waals surface area (Å²) in [5.74, 6) is 0.763. The molecule has 1 unspecified atom stereocenters. The molecule has 9 nitrogen and oxygen atoms in total. The number of carbonyl (C=O) groups is 1. The molecule has 31 heavy (non-hydrogen) atoms. The molecule has 0 saturated heterocycles. The molecular formula is C21H22N2O7S. The minimum atomic E-state index is -3.32. The van der Waals surface area contributed by atoms with Crippen LogP contribution in [-0.4, -0.2) is 43.1 Å². The fourth-order valence-corrected chi connectivity index (χ4v) is 3.47. The molecule has 1 heterocycles. The monoisotopic (exact) mass is 446 g/mol. The lowest BCUT2D eigenvalue weighted by Gasteiger charge is -2.15. The van der Waals surface area contributed by atoms with Gasteiger partial charge >= 0.3 is 0 Å². The van der Waals surface area contributed by atoms with Crippen molar-refractivity contribution in [3.63, 3.8) is 0 Å². The average Bonchev–Trinajstić information content (AvgIpc) is 3.27. The van der Waals surface area contributed by atoms with Gasteiger partial charge in [0.2, 0.25) is 0 Å². The van der Waals surface area contributed by atoms with Gasteiger partial charge < -0.3 is 24.4 Å². The van der Waals surface area contributed by atoms with Crippen molar-refractivity contribution in [2.45, 2.75) is 24.8 Å².